The number of fused-ring (bicyclic) bond motifs is 6. The Labute approximate surface area is 183 Å². The summed E-state index contributed by atoms with van der Waals surface area (Å²) in [6.07, 6.45) is 0.961. The van der Waals surface area contributed by atoms with Crippen molar-refractivity contribution in [1.82, 2.24) is 4.98 Å². The van der Waals surface area contributed by atoms with Crippen LogP contribution in [0.2, 0.25) is 5.02 Å². The second-order valence-corrected chi connectivity index (χ2v) is 9.73. The van der Waals surface area contributed by atoms with E-state index in [1.807, 2.05) is 30.0 Å². The second-order valence-electron chi connectivity index (χ2n) is 8.18. The van der Waals surface area contributed by atoms with Crippen LogP contribution < -0.4 is 5.32 Å². The largest absolute Gasteiger partial charge is 0.353 e. The first-order chi connectivity index (χ1) is 14.7. The summed E-state index contributed by atoms with van der Waals surface area (Å²) in [5.74, 6) is 1.03. The Hall–Kier alpha value is -2.27. The van der Waals surface area contributed by atoms with Crippen LogP contribution in [0.4, 0.5) is 4.39 Å². The molecule has 0 fully saturated rings. The van der Waals surface area contributed by atoms with E-state index in [1.165, 1.54) is 21.5 Å². The summed E-state index contributed by atoms with van der Waals surface area (Å²) in [6.45, 7) is 0.874. The Morgan fingerprint density at radius 3 is 2.80 bits per heavy atom. The number of halogens is 2. The number of para-hydroxylation sites is 1. The predicted octanol–water partition coefficient (Wildman–Crippen LogP) is 5.41. The molecule has 3 aromatic carbocycles. The van der Waals surface area contributed by atoms with Crippen molar-refractivity contribution >= 4 is 34.3 Å². The molecule has 1 spiro atoms. The highest BCUT2D eigenvalue weighted by molar-refractivity contribution is 7.99. The van der Waals surface area contributed by atoms with Gasteiger partial charge in [-0.1, -0.05) is 48.0 Å². The first-order valence-electron chi connectivity index (χ1n) is 10.3. The second kappa shape index (κ2) is 6.88. The Morgan fingerprint density at radius 1 is 1.07 bits per heavy atom. The van der Waals surface area contributed by atoms with Gasteiger partial charge in [0.15, 0.2) is 5.54 Å². The van der Waals surface area contributed by atoms with Crippen molar-refractivity contribution in [3.05, 3.63) is 100.0 Å². The van der Waals surface area contributed by atoms with Crippen molar-refractivity contribution in [2.45, 2.75) is 22.8 Å². The molecule has 6 rings (SSSR count). The summed E-state index contributed by atoms with van der Waals surface area (Å²) in [5.41, 5.74) is 5.58. The van der Waals surface area contributed by atoms with E-state index in [-0.39, 0.29) is 17.3 Å². The summed E-state index contributed by atoms with van der Waals surface area (Å²) >= 11 is 8.47. The molecule has 2 atom stereocenters. The van der Waals surface area contributed by atoms with Gasteiger partial charge in [0.2, 0.25) is 0 Å². The number of H-pyrrole nitrogens is 1. The molecule has 1 aromatic heterocycles. The molecule has 0 bridgehead atoms. The molecule has 5 heteroatoms. The van der Waals surface area contributed by atoms with E-state index in [1.54, 1.807) is 12.1 Å². The van der Waals surface area contributed by atoms with Crippen molar-refractivity contribution in [1.29, 1.82) is 0 Å². The number of nitrogens with two attached hydrogens (primary N) is 1. The van der Waals surface area contributed by atoms with Crippen LogP contribution in [-0.4, -0.2) is 17.3 Å². The van der Waals surface area contributed by atoms with E-state index < -0.39 is 0 Å². The molecule has 0 saturated heterocycles. The summed E-state index contributed by atoms with van der Waals surface area (Å²) in [7, 11) is 0. The lowest BCUT2D eigenvalue weighted by Crippen LogP contribution is -2.98. The quantitative estimate of drug-likeness (QED) is 0.411. The van der Waals surface area contributed by atoms with Crippen LogP contribution in [0.1, 0.15) is 34.7 Å². The summed E-state index contributed by atoms with van der Waals surface area (Å²) in [5, 5.41) is 4.45. The lowest BCUT2D eigenvalue weighted by atomic mass is 9.74. The molecule has 0 aliphatic carbocycles. The SMILES string of the molecule is Fc1ccc2c(c1)[C@]1(CCS2)[NH2+]C[C@@H](c2ccccc2Cl)c2c1[nH]c1ccccc21. The number of nitrogens with one attached hydrogen (secondary N) is 1. The van der Waals surface area contributed by atoms with Gasteiger partial charge in [0.1, 0.15) is 5.82 Å². The summed E-state index contributed by atoms with van der Waals surface area (Å²) < 4.78 is 14.4. The fourth-order valence-electron chi connectivity index (χ4n) is 5.36. The van der Waals surface area contributed by atoms with E-state index >= 15 is 0 Å². The minimum absolute atomic E-state index is 0.171. The zero-order chi connectivity index (χ0) is 20.3. The maximum absolute atomic E-state index is 14.4. The zero-order valence-corrected chi connectivity index (χ0v) is 17.9. The minimum Gasteiger partial charge on any atom is -0.353 e. The molecule has 3 heterocycles. The number of hydrogen-bond donors (Lipinski definition) is 2. The van der Waals surface area contributed by atoms with Crippen LogP contribution >= 0.6 is 23.4 Å². The lowest BCUT2D eigenvalue weighted by molar-refractivity contribution is -0.732. The topological polar surface area (TPSA) is 32.4 Å². The number of thioether (sulfide) groups is 1. The average Bonchev–Trinajstić information content (AvgIpc) is 3.16. The smallest absolute Gasteiger partial charge is 0.164 e. The van der Waals surface area contributed by atoms with Crippen LogP contribution in [-0.2, 0) is 5.54 Å². The van der Waals surface area contributed by atoms with Crippen molar-refractivity contribution in [2.75, 3.05) is 12.3 Å². The van der Waals surface area contributed by atoms with Gasteiger partial charge in [-0.3, -0.25) is 0 Å². The van der Waals surface area contributed by atoms with Gasteiger partial charge in [-0.15, -0.1) is 11.8 Å². The number of aromatic amines is 1. The molecule has 0 amide bonds. The van der Waals surface area contributed by atoms with Gasteiger partial charge in [-0.25, -0.2) is 4.39 Å². The third-order valence-electron chi connectivity index (χ3n) is 6.70. The molecule has 0 radical (unpaired) electrons. The minimum atomic E-state index is -0.297. The third-order valence-corrected chi connectivity index (χ3v) is 8.12. The van der Waals surface area contributed by atoms with Crippen LogP contribution in [0.25, 0.3) is 10.9 Å². The zero-order valence-electron chi connectivity index (χ0n) is 16.3. The van der Waals surface area contributed by atoms with Crippen LogP contribution in [0.5, 0.6) is 0 Å². The highest BCUT2D eigenvalue weighted by Crippen LogP contribution is 2.48. The van der Waals surface area contributed by atoms with Gasteiger partial charge >= 0.3 is 0 Å². The van der Waals surface area contributed by atoms with Crippen molar-refractivity contribution in [2.24, 2.45) is 0 Å². The van der Waals surface area contributed by atoms with E-state index in [4.69, 9.17) is 11.6 Å². The Balaban J connectivity index is 1.65. The third kappa shape index (κ3) is 2.60. The average molecular weight is 436 g/mol. The number of quaternary nitrogens is 1. The number of hydrogen-bond acceptors (Lipinski definition) is 1. The molecule has 2 aliphatic heterocycles. The Bertz CT molecular complexity index is 1280. The van der Waals surface area contributed by atoms with Crippen LogP contribution in [0, 0.1) is 5.82 Å². The molecule has 0 saturated carbocycles. The molecule has 0 unspecified atom stereocenters. The number of aromatic nitrogens is 1. The van der Waals surface area contributed by atoms with E-state index in [2.05, 4.69) is 46.7 Å². The molecular weight excluding hydrogens is 415 g/mol. The fraction of sp³-hybridized carbons (Fsp3) is 0.200. The maximum atomic E-state index is 14.4. The lowest BCUT2D eigenvalue weighted by Gasteiger charge is -2.41. The van der Waals surface area contributed by atoms with Gasteiger partial charge in [0.05, 0.1) is 18.2 Å². The molecule has 2 nitrogen and oxygen atoms in total. The van der Waals surface area contributed by atoms with Crippen molar-refractivity contribution in [3.63, 3.8) is 0 Å². The molecule has 3 N–H and O–H groups in total. The fourth-order valence-corrected chi connectivity index (χ4v) is 6.83. The normalized spacial score (nSPS) is 22.8. The summed E-state index contributed by atoms with van der Waals surface area (Å²) in [6, 6.07) is 21.9. The molecular formula is C25H21ClFN2S+. The predicted molar refractivity (Wildman–Crippen MR) is 121 cm³/mol. The van der Waals surface area contributed by atoms with Crippen LogP contribution in [0.3, 0.4) is 0 Å². The van der Waals surface area contributed by atoms with Crippen LogP contribution in [0.15, 0.2) is 71.6 Å². The van der Waals surface area contributed by atoms with E-state index in [0.717, 1.165) is 40.4 Å². The summed E-state index contributed by atoms with van der Waals surface area (Å²) in [4.78, 5) is 4.93. The first-order valence-corrected chi connectivity index (χ1v) is 11.7. The molecule has 30 heavy (non-hydrogen) atoms. The van der Waals surface area contributed by atoms with Gasteiger partial charge < -0.3 is 10.3 Å². The molecule has 2 aliphatic rings. The Kier molecular flexibility index (Phi) is 4.24. The van der Waals surface area contributed by atoms with Gasteiger partial charge in [0.25, 0.3) is 0 Å². The van der Waals surface area contributed by atoms with Gasteiger partial charge in [0, 0.05) is 44.1 Å². The highest BCUT2D eigenvalue weighted by atomic mass is 35.5. The van der Waals surface area contributed by atoms with Gasteiger partial charge in [-0.05, 0) is 35.9 Å². The molecule has 150 valence electrons. The Morgan fingerprint density at radius 2 is 1.90 bits per heavy atom. The number of benzene rings is 3. The van der Waals surface area contributed by atoms with Crippen molar-refractivity contribution < 1.29 is 9.71 Å². The standard InChI is InChI=1S/C25H20ClFN2S/c26-20-7-3-1-5-16(20)18-14-28-25(11-12-30-22-10-9-15(27)13-19(22)25)24-23(18)17-6-2-4-8-21(17)29-24/h1-10,13,18,28-29H,11-12,14H2/p+1/t18-,25-/m0/s1. The highest BCUT2D eigenvalue weighted by Gasteiger charge is 2.50. The monoisotopic (exact) mass is 435 g/mol. The first kappa shape index (κ1) is 18.5. The van der Waals surface area contributed by atoms with Crippen molar-refractivity contribution in [3.8, 4) is 0 Å². The van der Waals surface area contributed by atoms with Gasteiger partial charge in [-0.2, -0.15) is 0 Å². The number of rotatable bonds is 1. The molecule has 4 aromatic rings. The van der Waals surface area contributed by atoms with E-state index in [9.17, 15) is 4.39 Å². The van der Waals surface area contributed by atoms with E-state index in [0.29, 0.717) is 0 Å². The maximum Gasteiger partial charge on any atom is 0.164 e.